The summed E-state index contributed by atoms with van der Waals surface area (Å²) in [5.41, 5.74) is 8.78. The van der Waals surface area contributed by atoms with Crippen molar-refractivity contribution in [2.24, 2.45) is 5.73 Å². The Balaban J connectivity index is 1.79. The standard InChI is InChI=1S/C16H25NO2/c1-2-3-9-18-10-11-19-14-8-7-13-5-4-6-16(17)15(13)12-14/h7-8,12,16H,2-6,9-11,17H2,1H3/t16-/m0/s1. The number of nitrogens with two attached hydrogens (primary N) is 1. The number of benzene rings is 1. The molecule has 0 aromatic heterocycles. The molecule has 1 aromatic rings. The summed E-state index contributed by atoms with van der Waals surface area (Å²) in [6, 6.07) is 6.48. The number of unbranched alkanes of at least 4 members (excludes halogenated alkanes) is 1. The summed E-state index contributed by atoms with van der Waals surface area (Å²) in [5.74, 6) is 0.912. The van der Waals surface area contributed by atoms with Gasteiger partial charge < -0.3 is 15.2 Å². The smallest absolute Gasteiger partial charge is 0.119 e. The van der Waals surface area contributed by atoms with Crippen molar-refractivity contribution in [3.63, 3.8) is 0 Å². The van der Waals surface area contributed by atoms with Gasteiger partial charge >= 0.3 is 0 Å². The van der Waals surface area contributed by atoms with E-state index in [1.165, 1.54) is 24.0 Å². The average molecular weight is 263 g/mol. The van der Waals surface area contributed by atoms with Crippen LogP contribution in [0.1, 0.15) is 49.8 Å². The lowest BCUT2D eigenvalue weighted by Crippen LogP contribution is -2.17. The molecule has 0 saturated carbocycles. The fraction of sp³-hybridized carbons (Fsp3) is 0.625. The second kappa shape index (κ2) is 7.51. The molecule has 0 radical (unpaired) electrons. The van der Waals surface area contributed by atoms with Gasteiger partial charge in [0.1, 0.15) is 12.4 Å². The molecule has 2 N–H and O–H groups in total. The topological polar surface area (TPSA) is 44.5 Å². The Bertz CT molecular complexity index is 392. The molecule has 0 unspecified atom stereocenters. The summed E-state index contributed by atoms with van der Waals surface area (Å²) in [6.07, 6.45) is 5.71. The van der Waals surface area contributed by atoms with Crippen molar-refractivity contribution in [3.05, 3.63) is 29.3 Å². The molecule has 106 valence electrons. The molecular weight excluding hydrogens is 238 g/mol. The van der Waals surface area contributed by atoms with Crippen LogP contribution < -0.4 is 10.5 Å². The van der Waals surface area contributed by atoms with E-state index < -0.39 is 0 Å². The first-order valence-corrected chi connectivity index (χ1v) is 7.40. The van der Waals surface area contributed by atoms with Crippen molar-refractivity contribution < 1.29 is 9.47 Å². The van der Waals surface area contributed by atoms with Crippen molar-refractivity contribution in [3.8, 4) is 5.75 Å². The van der Waals surface area contributed by atoms with Crippen LogP contribution in [-0.2, 0) is 11.2 Å². The summed E-state index contributed by atoms with van der Waals surface area (Å²) in [6.45, 7) is 4.26. The predicted molar refractivity (Wildman–Crippen MR) is 77.5 cm³/mol. The van der Waals surface area contributed by atoms with E-state index in [0.717, 1.165) is 31.6 Å². The third-order valence-corrected chi connectivity index (χ3v) is 3.62. The van der Waals surface area contributed by atoms with Gasteiger partial charge in [0.15, 0.2) is 0 Å². The van der Waals surface area contributed by atoms with Crippen LogP contribution in [-0.4, -0.2) is 19.8 Å². The highest BCUT2D eigenvalue weighted by Gasteiger charge is 2.17. The van der Waals surface area contributed by atoms with Gasteiger partial charge in [0.25, 0.3) is 0 Å². The van der Waals surface area contributed by atoms with Crippen LogP contribution in [0.2, 0.25) is 0 Å². The van der Waals surface area contributed by atoms with Gasteiger partial charge in [-0.3, -0.25) is 0 Å². The molecular formula is C16H25NO2. The van der Waals surface area contributed by atoms with E-state index >= 15 is 0 Å². The van der Waals surface area contributed by atoms with Crippen LogP contribution in [0.25, 0.3) is 0 Å². The lowest BCUT2D eigenvalue weighted by atomic mass is 9.88. The van der Waals surface area contributed by atoms with Gasteiger partial charge in [-0.05, 0) is 48.9 Å². The van der Waals surface area contributed by atoms with Gasteiger partial charge in [-0.25, -0.2) is 0 Å². The SMILES string of the molecule is CCCCOCCOc1ccc2c(c1)[C@@H](N)CCC2. The van der Waals surface area contributed by atoms with Gasteiger partial charge in [-0.15, -0.1) is 0 Å². The van der Waals surface area contributed by atoms with Crippen molar-refractivity contribution in [1.82, 2.24) is 0 Å². The molecule has 0 fully saturated rings. The first-order valence-electron chi connectivity index (χ1n) is 7.40. The Morgan fingerprint density at radius 1 is 1.26 bits per heavy atom. The second-order valence-electron chi connectivity index (χ2n) is 5.17. The Morgan fingerprint density at radius 2 is 2.16 bits per heavy atom. The average Bonchev–Trinajstić information content (AvgIpc) is 2.43. The van der Waals surface area contributed by atoms with E-state index in [4.69, 9.17) is 15.2 Å². The molecule has 1 aromatic carbocycles. The summed E-state index contributed by atoms with van der Waals surface area (Å²) in [7, 11) is 0. The summed E-state index contributed by atoms with van der Waals surface area (Å²) in [5, 5.41) is 0. The fourth-order valence-corrected chi connectivity index (χ4v) is 2.47. The lowest BCUT2D eigenvalue weighted by molar-refractivity contribution is 0.0980. The minimum atomic E-state index is 0.174. The molecule has 0 aliphatic heterocycles. The van der Waals surface area contributed by atoms with Crippen LogP contribution in [0.3, 0.4) is 0 Å². The number of rotatable bonds is 7. The van der Waals surface area contributed by atoms with Crippen molar-refractivity contribution >= 4 is 0 Å². The molecule has 0 heterocycles. The minimum absolute atomic E-state index is 0.174. The number of hydrogen-bond donors (Lipinski definition) is 1. The van der Waals surface area contributed by atoms with Gasteiger partial charge in [0.05, 0.1) is 6.61 Å². The molecule has 3 heteroatoms. The highest BCUT2D eigenvalue weighted by atomic mass is 16.5. The van der Waals surface area contributed by atoms with Crippen LogP contribution in [0, 0.1) is 0 Å². The monoisotopic (exact) mass is 263 g/mol. The van der Waals surface area contributed by atoms with Gasteiger partial charge in [-0.1, -0.05) is 19.4 Å². The molecule has 2 rings (SSSR count). The Kier molecular flexibility index (Phi) is 5.67. The maximum Gasteiger partial charge on any atom is 0.119 e. The number of ether oxygens (including phenoxy) is 2. The predicted octanol–water partition coefficient (Wildman–Crippen LogP) is 3.22. The van der Waals surface area contributed by atoms with Crippen molar-refractivity contribution in [1.29, 1.82) is 0 Å². The maximum atomic E-state index is 6.14. The Morgan fingerprint density at radius 3 is 3.00 bits per heavy atom. The van der Waals surface area contributed by atoms with E-state index in [9.17, 15) is 0 Å². The van der Waals surface area contributed by atoms with Crippen LogP contribution in [0.15, 0.2) is 18.2 Å². The molecule has 3 nitrogen and oxygen atoms in total. The Labute approximate surface area is 116 Å². The van der Waals surface area contributed by atoms with E-state index in [1.807, 2.05) is 6.07 Å². The van der Waals surface area contributed by atoms with Crippen LogP contribution in [0.4, 0.5) is 0 Å². The molecule has 1 aliphatic carbocycles. The van der Waals surface area contributed by atoms with E-state index in [-0.39, 0.29) is 6.04 Å². The van der Waals surface area contributed by atoms with Gasteiger partial charge in [0.2, 0.25) is 0 Å². The van der Waals surface area contributed by atoms with E-state index in [1.54, 1.807) is 0 Å². The normalized spacial score (nSPS) is 18.1. The number of fused-ring (bicyclic) bond motifs is 1. The molecule has 0 spiro atoms. The molecule has 1 aliphatic rings. The molecule has 1 atom stereocenters. The highest BCUT2D eigenvalue weighted by molar-refractivity contribution is 5.39. The van der Waals surface area contributed by atoms with E-state index in [0.29, 0.717) is 13.2 Å². The fourth-order valence-electron chi connectivity index (χ4n) is 2.47. The second-order valence-corrected chi connectivity index (χ2v) is 5.17. The van der Waals surface area contributed by atoms with Crippen molar-refractivity contribution in [2.75, 3.05) is 19.8 Å². The summed E-state index contributed by atoms with van der Waals surface area (Å²) < 4.78 is 11.2. The number of hydrogen-bond acceptors (Lipinski definition) is 3. The molecule has 0 bridgehead atoms. The lowest BCUT2D eigenvalue weighted by Gasteiger charge is -2.22. The highest BCUT2D eigenvalue weighted by Crippen LogP contribution is 2.30. The van der Waals surface area contributed by atoms with Gasteiger partial charge in [-0.2, -0.15) is 0 Å². The Hall–Kier alpha value is -1.06. The summed E-state index contributed by atoms with van der Waals surface area (Å²) in [4.78, 5) is 0. The maximum absolute atomic E-state index is 6.14. The van der Waals surface area contributed by atoms with Crippen molar-refractivity contribution in [2.45, 2.75) is 45.1 Å². The quantitative estimate of drug-likeness (QED) is 0.768. The van der Waals surface area contributed by atoms with Crippen LogP contribution in [0.5, 0.6) is 5.75 Å². The number of aryl methyl sites for hydroxylation is 1. The summed E-state index contributed by atoms with van der Waals surface area (Å²) >= 11 is 0. The minimum Gasteiger partial charge on any atom is -0.491 e. The van der Waals surface area contributed by atoms with Gasteiger partial charge in [0, 0.05) is 12.6 Å². The third-order valence-electron chi connectivity index (χ3n) is 3.62. The zero-order chi connectivity index (χ0) is 13.5. The first kappa shape index (κ1) is 14.4. The van der Waals surface area contributed by atoms with Crippen LogP contribution >= 0.6 is 0 Å². The molecule has 0 amide bonds. The molecule has 0 saturated heterocycles. The largest absolute Gasteiger partial charge is 0.491 e. The third kappa shape index (κ3) is 4.22. The first-order chi connectivity index (χ1) is 9.31. The zero-order valence-electron chi connectivity index (χ0n) is 11.9. The molecule has 19 heavy (non-hydrogen) atoms. The zero-order valence-corrected chi connectivity index (χ0v) is 11.9. The van der Waals surface area contributed by atoms with E-state index in [2.05, 4.69) is 19.1 Å².